The summed E-state index contributed by atoms with van der Waals surface area (Å²) in [5, 5.41) is 3.77. The molecule has 1 N–H and O–H groups in total. The normalized spacial score (nSPS) is 15.1. The molecule has 1 aliphatic rings. The number of aromatic nitrogens is 1. The number of anilines is 2. The zero-order valence-corrected chi connectivity index (χ0v) is 15.1. The molecule has 2 heterocycles. The molecular weight excluding hydrogens is 340 g/mol. The molecule has 25 heavy (non-hydrogen) atoms. The minimum absolute atomic E-state index is 0.0208. The molecule has 0 bridgehead atoms. The van der Waals surface area contributed by atoms with E-state index in [0.29, 0.717) is 22.2 Å². The number of methoxy groups -OCH3 is 1. The maximum atomic E-state index is 12.5. The van der Waals surface area contributed by atoms with Gasteiger partial charge in [0.1, 0.15) is 11.6 Å². The molecule has 2 aromatic rings. The summed E-state index contributed by atoms with van der Waals surface area (Å²) in [5.74, 6) is 1.31. The smallest absolute Gasteiger partial charge is 0.255 e. The van der Waals surface area contributed by atoms with Crippen LogP contribution in [0.4, 0.5) is 11.5 Å². The van der Waals surface area contributed by atoms with Crippen LogP contribution in [0, 0.1) is 0 Å². The third kappa shape index (κ3) is 4.21. The van der Waals surface area contributed by atoms with Crippen LogP contribution in [0.2, 0.25) is 5.02 Å². The van der Waals surface area contributed by atoms with Crippen LogP contribution in [0.5, 0.6) is 5.75 Å². The number of halogens is 1. The second kappa shape index (κ2) is 7.72. The number of piperazine rings is 1. The first-order chi connectivity index (χ1) is 12.1. The van der Waals surface area contributed by atoms with Crippen molar-refractivity contribution in [2.75, 3.05) is 45.7 Å². The molecule has 0 spiro atoms. The fraction of sp³-hybridized carbons (Fsp3) is 0.333. The Balaban J connectivity index is 1.70. The van der Waals surface area contributed by atoms with Gasteiger partial charge in [0.05, 0.1) is 18.4 Å². The lowest BCUT2D eigenvalue weighted by Gasteiger charge is -2.32. The molecule has 0 saturated carbocycles. The summed E-state index contributed by atoms with van der Waals surface area (Å²) in [6.45, 7) is 3.28. The number of ether oxygens (including phenoxy) is 1. The molecule has 1 aromatic carbocycles. The zero-order chi connectivity index (χ0) is 17.8. The summed E-state index contributed by atoms with van der Waals surface area (Å²) >= 11 is 6.03. The van der Waals surface area contributed by atoms with Gasteiger partial charge < -0.3 is 19.9 Å². The Morgan fingerprint density at radius 2 is 1.96 bits per heavy atom. The van der Waals surface area contributed by atoms with E-state index < -0.39 is 0 Å². The number of amides is 1. The van der Waals surface area contributed by atoms with Gasteiger partial charge in [-0.3, -0.25) is 4.79 Å². The van der Waals surface area contributed by atoms with Gasteiger partial charge in [0.2, 0.25) is 0 Å². The number of likely N-dealkylation sites (N-methyl/N-ethyl adjacent to an activating group) is 1. The number of hydrogen-bond acceptors (Lipinski definition) is 5. The maximum Gasteiger partial charge on any atom is 0.255 e. The Labute approximate surface area is 152 Å². The van der Waals surface area contributed by atoms with Gasteiger partial charge in [0.15, 0.2) is 0 Å². The molecule has 1 amide bonds. The van der Waals surface area contributed by atoms with E-state index in [-0.39, 0.29) is 5.91 Å². The Bertz CT molecular complexity index is 743. The topological polar surface area (TPSA) is 57.7 Å². The van der Waals surface area contributed by atoms with Gasteiger partial charge in [-0.15, -0.1) is 0 Å². The highest BCUT2D eigenvalue weighted by Gasteiger charge is 2.20. The molecule has 7 heteroatoms. The van der Waals surface area contributed by atoms with Crippen LogP contribution >= 0.6 is 11.6 Å². The largest absolute Gasteiger partial charge is 0.495 e. The van der Waals surface area contributed by atoms with Crippen molar-refractivity contribution in [1.82, 2.24) is 14.8 Å². The first kappa shape index (κ1) is 17.5. The average molecular weight is 361 g/mol. The number of hydrogen-bond donors (Lipinski definition) is 1. The molecule has 1 aliphatic heterocycles. The first-order valence-corrected chi connectivity index (χ1v) is 8.49. The number of nitrogens with one attached hydrogen (secondary N) is 1. The second-order valence-corrected chi connectivity index (χ2v) is 6.43. The number of rotatable bonds is 4. The number of benzene rings is 1. The van der Waals surface area contributed by atoms with Crippen molar-refractivity contribution in [1.29, 1.82) is 0 Å². The van der Waals surface area contributed by atoms with Crippen molar-refractivity contribution >= 4 is 29.0 Å². The third-order valence-electron chi connectivity index (χ3n) is 4.23. The van der Waals surface area contributed by atoms with Crippen molar-refractivity contribution in [2.45, 2.75) is 0 Å². The highest BCUT2D eigenvalue weighted by molar-refractivity contribution is 6.31. The second-order valence-electron chi connectivity index (χ2n) is 6.00. The van der Waals surface area contributed by atoms with Crippen LogP contribution in [0.3, 0.4) is 0 Å². The number of carbonyl (C=O) groups is 1. The minimum atomic E-state index is 0.0208. The van der Waals surface area contributed by atoms with E-state index in [4.69, 9.17) is 16.3 Å². The van der Waals surface area contributed by atoms with E-state index in [2.05, 4.69) is 22.2 Å². The molecule has 0 atom stereocenters. The van der Waals surface area contributed by atoms with Crippen molar-refractivity contribution in [2.24, 2.45) is 0 Å². The van der Waals surface area contributed by atoms with Crippen molar-refractivity contribution in [3.05, 3.63) is 47.1 Å². The molecule has 0 unspecified atom stereocenters. The highest BCUT2D eigenvalue weighted by atomic mass is 35.5. The number of pyridine rings is 1. The standard InChI is InChI=1S/C18H21ClN4O2/c1-22-7-9-23(10-8-22)18(24)13-3-6-17(20-12-13)21-15-11-14(19)4-5-16(15)25-2/h3-6,11-12H,7-10H2,1-2H3,(H,20,21). The summed E-state index contributed by atoms with van der Waals surface area (Å²) in [6, 6.07) is 8.88. The maximum absolute atomic E-state index is 12.5. The monoisotopic (exact) mass is 360 g/mol. The molecule has 3 rings (SSSR count). The molecule has 0 radical (unpaired) electrons. The lowest BCUT2D eigenvalue weighted by Crippen LogP contribution is -2.47. The Morgan fingerprint density at radius 3 is 2.60 bits per heavy atom. The van der Waals surface area contributed by atoms with Crippen LogP contribution in [0.15, 0.2) is 36.5 Å². The van der Waals surface area contributed by atoms with E-state index in [9.17, 15) is 4.79 Å². The van der Waals surface area contributed by atoms with Gasteiger partial charge in [-0.25, -0.2) is 4.98 Å². The van der Waals surface area contributed by atoms with Crippen LogP contribution in [-0.4, -0.2) is 61.0 Å². The molecule has 1 aromatic heterocycles. The SMILES string of the molecule is COc1ccc(Cl)cc1Nc1ccc(C(=O)N2CCN(C)CC2)cn1. The molecule has 132 valence electrons. The summed E-state index contributed by atoms with van der Waals surface area (Å²) in [6.07, 6.45) is 1.60. The lowest BCUT2D eigenvalue weighted by atomic mass is 10.2. The Morgan fingerprint density at radius 1 is 1.20 bits per heavy atom. The van der Waals surface area contributed by atoms with E-state index in [1.165, 1.54) is 0 Å². The number of carbonyl (C=O) groups excluding carboxylic acids is 1. The summed E-state index contributed by atoms with van der Waals surface area (Å²) < 4.78 is 5.31. The summed E-state index contributed by atoms with van der Waals surface area (Å²) in [4.78, 5) is 21.0. The summed E-state index contributed by atoms with van der Waals surface area (Å²) in [5.41, 5.74) is 1.31. The van der Waals surface area contributed by atoms with Crippen molar-refractivity contribution < 1.29 is 9.53 Å². The predicted octanol–water partition coefficient (Wildman–Crippen LogP) is 2.87. The van der Waals surface area contributed by atoms with Crippen LogP contribution in [-0.2, 0) is 0 Å². The minimum Gasteiger partial charge on any atom is -0.495 e. The molecular formula is C18H21ClN4O2. The van der Waals surface area contributed by atoms with Crippen LogP contribution < -0.4 is 10.1 Å². The highest BCUT2D eigenvalue weighted by Crippen LogP contribution is 2.29. The third-order valence-corrected chi connectivity index (χ3v) is 4.46. The van der Waals surface area contributed by atoms with Gasteiger partial charge >= 0.3 is 0 Å². The Hall–Kier alpha value is -2.31. The quantitative estimate of drug-likeness (QED) is 0.908. The van der Waals surface area contributed by atoms with Gasteiger partial charge in [-0.2, -0.15) is 0 Å². The van der Waals surface area contributed by atoms with Gasteiger partial charge in [-0.05, 0) is 37.4 Å². The van der Waals surface area contributed by atoms with E-state index >= 15 is 0 Å². The van der Waals surface area contributed by atoms with E-state index in [1.54, 1.807) is 43.6 Å². The molecule has 1 saturated heterocycles. The van der Waals surface area contributed by atoms with Crippen molar-refractivity contribution in [3.8, 4) is 5.75 Å². The fourth-order valence-corrected chi connectivity index (χ4v) is 2.87. The Kier molecular flexibility index (Phi) is 5.40. The zero-order valence-electron chi connectivity index (χ0n) is 14.3. The predicted molar refractivity (Wildman–Crippen MR) is 98.9 cm³/mol. The van der Waals surface area contributed by atoms with E-state index in [0.717, 1.165) is 31.9 Å². The fourth-order valence-electron chi connectivity index (χ4n) is 2.70. The number of nitrogens with zero attached hydrogens (tertiary/aromatic N) is 3. The van der Waals surface area contributed by atoms with Crippen LogP contribution in [0.25, 0.3) is 0 Å². The van der Waals surface area contributed by atoms with Gasteiger partial charge in [0.25, 0.3) is 5.91 Å². The first-order valence-electron chi connectivity index (χ1n) is 8.11. The van der Waals surface area contributed by atoms with Gasteiger partial charge in [0, 0.05) is 37.4 Å². The lowest BCUT2D eigenvalue weighted by molar-refractivity contribution is 0.0663. The molecule has 0 aliphatic carbocycles. The molecule has 6 nitrogen and oxygen atoms in total. The van der Waals surface area contributed by atoms with E-state index in [1.807, 2.05) is 4.90 Å². The van der Waals surface area contributed by atoms with Crippen molar-refractivity contribution in [3.63, 3.8) is 0 Å². The van der Waals surface area contributed by atoms with Gasteiger partial charge in [-0.1, -0.05) is 11.6 Å². The average Bonchev–Trinajstić information content (AvgIpc) is 2.63. The van der Waals surface area contributed by atoms with Crippen LogP contribution in [0.1, 0.15) is 10.4 Å². The molecule has 1 fully saturated rings. The summed E-state index contributed by atoms with van der Waals surface area (Å²) in [7, 11) is 3.66.